The van der Waals surface area contributed by atoms with Gasteiger partial charge in [0.2, 0.25) is 11.8 Å². The van der Waals surface area contributed by atoms with Crippen molar-refractivity contribution in [3.8, 4) is 11.6 Å². The fraction of sp³-hybridized carbons (Fsp3) is 0.556. The number of alkyl halides is 1. The quantitative estimate of drug-likeness (QED) is 0.197. The summed E-state index contributed by atoms with van der Waals surface area (Å²) in [6.45, 7) is 9.93. The number of aliphatic hydroxyl groups is 1. The van der Waals surface area contributed by atoms with Gasteiger partial charge in [-0.1, -0.05) is 39.0 Å². The monoisotopic (exact) mass is 624 g/mol. The third-order valence-corrected chi connectivity index (χ3v) is 8.00. The zero-order valence-electron chi connectivity index (χ0n) is 24.9. The van der Waals surface area contributed by atoms with Crippen LogP contribution in [0.5, 0.6) is 11.6 Å². The normalized spacial score (nSPS) is 24.4. The molecule has 3 aromatic rings. The van der Waals surface area contributed by atoms with Crippen LogP contribution in [-0.4, -0.2) is 74.3 Å². The fourth-order valence-corrected chi connectivity index (χ4v) is 5.76. The van der Waals surface area contributed by atoms with Crippen molar-refractivity contribution >= 4 is 30.8 Å². The average molecular weight is 625 g/mol. The number of para-hydroxylation sites is 1. The first kappa shape index (κ1) is 32.6. The highest BCUT2D eigenvalue weighted by molar-refractivity contribution is 7.52. The molecule has 6 atom stereocenters. The summed E-state index contributed by atoms with van der Waals surface area (Å²) in [7, 11) is -4.33. The number of aromatic nitrogens is 4. The van der Waals surface area contributed by atoms with Gasteiger partial charge in [-0.3, -0.25) is 13.9 Å². The van der Waals surface area contributed by atoms with Crippen molar-refractivity contribution in [2.24, 2.45) is 5.41 Å². The van der Waals surface area contributed by atoms with Gasteiger partial charge >= 0.3 is 13.7 Å². The number of hydrogen-bond acceptors (Lipinski definition) is 12. The Balaban J connectivity index is 1.54. The second kappa shape index (κ2) is 12.7. The number of nitrogens with two attached hydrogens (primary N) is 1. The molecule has 3 heterocycles. The molecule has 43 heavy (non-hydrogen) atoms. The topological polar surface area (TPSA) is 182 Å². The van der Waals surface area contributed by atoms with Crippen molar-refractivity contribution in [1.82, 2.24) is 24.6 Å². The summed E-state index contributed by atoms with van der Waals surface area (Å²) < 4.78 is 58.8. The minimum atomic E-state index is -4.33. The van der Waals surface area contributed by atoms with Crippen molar-refractivity contribution in [1.29, 1.82) is 0 Å². The molecule has 1 saturated heterocycles. The van der Waals surface area contributed by atoms with E-state index >= 15 is 4.39 Å². The molecular weight excluding hydrogens is 586 g/mol. The molecule has 0 spiro atoms. The van der Waals surface area contributed by atoms with Gasteiger partial charge in [-0.25, -0.2) is 13.9 Å². The SMILES string of the molecule is CCOc1nc(N)nc2c1ncn2[C@@H]1O[C@H](COP(=O)(N[C@@H](C)C(=O)OCC(C)(C)C)Oc2ccccc2)[C@@H](F)[C@@]1(C)O. The van der Waals surface area contributed by atoms with Gasteiger partial charge in [0.15, 0.2) is 23.6 Å². The number of rotatable bonds is 12. The summed E-state index contributed by atoms with van der Waals surface area (Å²) in [5.74, 6) is -0.501. The average Bonchev–Trinajstić information content (AvgIpc) is 3.44. The van der Waals surface area contributed by atoms with E-state index in [1.807, 2.05) is 20.8 Å². The first-order chi connectivity index (χ1) is 20.1. The second-order valence-corrected chi connectivity index (χ2v) is 13.2. The highest BCUT2D eigenvalue weighted by atomic mass is 31.2. The molecule has 0 amide bonds. The Bertz CT molecular complexity index is 1470. The van der Waals surface area contributed by atoms with Gasteiger partial charge in [-0.05, 0) is 38.3 Å². The minimum Gasteiger partial charge on any atom is -0.476 e. The molecule has 0 radical (unpaired) electrons. The van der Waals surface area contributed by atoms with Gasteiger partial charge in [-0.2, -0.15) is 15.1 Å². The molecule has 1 unspecified atom stereocenters. The number of carbonyl (C=O) groups is 1. The maximum Gasteiger partial charge on any atom is 0.459 e. The molecule has 1 aliphatic heterocycles. The van der Waals surface area contributed by atoms with Crippen LogP contribution >= 0.6 is 7.75 Å². The summed E-state index contributed by atoms with van der Waals surface area (Å²) in [6, 6.07) is 7.02. The van der Waals surface area contributed by atoms with Crippen LogP contribution in [0, 0.1) is 5.41 Å². The number of carbonyl (C=O) groups excluding carboxylic acids is 1. The van der Waals surface area contributed by atoms with Gasteiger partial charge in [0, 0.05) is 0 Å². The second-order valence-electron chi connectivity index (χ2n) is 11.5. The minimum absolute atomic E-state index is 0.118. The number of nitrogens with zero attached hydrogens (tertiary/aromatic N) is 4. The Hall–Kier alpha value is -3.36. The molecule has 0 bridgehead atoms. The number of fused-ring (bicyclic) bond motifs is 1. The van der Waals surface area contributed by atoms with Crippen LogP contribution in [0.4, 0.5) is 10.3 Å². The lowest BCUT2D eigenvalue weighted by atomic mass is 9.98. The van der Waals surface area contributed by atoms with Gasteiger partial charge in [0.1, 0.15) is 23.5 Å². The number of nitrogens with one attached hydrogen (secondary N) is 1. The number of halogens is 1. The van der Waals surface area contributed by atoms with Crippen LogP contribution in [0.1, 0.15) is 47.8 Å². The van der Waals surface area contributed by atoms with Crippen molar-refractivity contribution in [2.45, 2.75) is 71.7 Å². The predicted octanol–water partition coefficient (Wildman–Crippen LogP) is 3.56. The van der Waals surface area contributed by atoms with Crippen molar-refractivity contribution < 1.29 is 42.1 Å². The number of esters is 1. The fourth-order valence-electron chi connectivity index (χ4n) is 4.26. The van der Waals surface area contributed by atoms with Crippen molar-refractivity contribution in [3.05, 3.63) is 36.7 Å². The van der Waals surface area contributed by atoms with E-state index in [0.29, 0.717) is 0 Å². The zero-order chi connectivity index (χ0) is 31.6. The predicted molar refractivity (Wildman–Crippen MR) is 154 cm³/mol. The van der Waals surface area contributed by atoms with E-state index in [1.54, 1.807) is 37.3 Å². The standard InChI is InChI=1S/C27H38FN6O8P/c1-7-38-22-19-21(31-25(29)32-22)34(15-30-19)24-27(6,36)20(28)18(41-24)13-40-43(37,42-17-11-9-8-10-12-17)33-16(2)23(35)39-14-26(3,4)5/h8-12,15-16,18,20,24,36H,7,13-14H2,1-6H3,(H,33,37)(H2,29,31,32)/t16-,18+,20+,24+,27+,43?/m0/s1. The Kier molecular flexibility index (Phi) is 9.62. The van der Waals surface area contributed by atoms with E-state index in [-0.39, 0.29) is 47.4 Å². The third-order valence-electron chi connectivity index (χ3n) is 6.36. The van der Waals surface area contributed by atoms with E-state index in [1.165, 1.54) is 24.7 Å². The first-order valence-corrected chi connectivity index (χ1v) is 15.3. The van der Waals surface area contributed by atoms with Gasteiger partial charge in [0.05, 0.1) is 26.1 Å². The van der Waals surface area contributed by atoms with E-state index in [2.05, 4.69) is 20.0 Å². The Morgan fingerprint density at radius 3 is 2.65 bits per heavy atom. The summed E-state index contributed by atoms with van der Waals surface area (Å²) in [4.78, 5) is 25.1. The Morgan fingerprint density at radius 2 is 2.00 bits per heavy atom. The number of benzene rings is 1. The molecule has 1 fully saturated rings. The van der Waals surface area contributed by atoms with Crippen molar-refractivity contribution in [2.75, 3.05) is 25.6 Å². The van der Waals surface area contributed by atoms with Gasteiger partial charge in [0.25, 0.3) is 0 Å². The number of anilines is 1. The van der Waals surface area contributed by atoms with E-state index in [0.717, 1.165) is 0 Å². The Labute approximate surface area is 248 Å². The number of hydrogen-bond donors (Lipinski definition) is 3. The molecular formula is C27H38FN6O8P. The number of ether oxygens (including phenoxy) is 3. The maximum absolute atomic E-state index is 15.7. The van der Waals surface area contributed by atoms with Crippen LogP contribution in [0.25, 0.3) is 11.2 Å². The molecule has 4 N–H and O–H groups in total. The van der Waals surface area contributed by atoms with Crippen LogP contribution < -0.4 is 20.1 Å². The molecule has 236 valence electrons. The van der Waals surface area contributed by atoms with E-state index in [4.69, 9.17) is 29.0 Å². The largest absolute Gasteiger partial charge is 0.476 e. The molecule has 2 aromatic heterocycles. The lowest BCUT2D eigenvalue weighted by Gasteiger charge is -2.26. The van der Waals surface area contributed by atoms with Gasteiger partial charge in [-0.15, -0.1) is 0 Å². The highest BCUT2D eigenvalue weighted by Crippen LogP contribution is 2.48. The molecule has 0 saturated carbocycles. The summed E-state index contributed by atoms with van der Waals surface area (Å²) in [5, 5.41) is 13.7. The Morgan fingerprint density at radius 1 is 1.30 bits per heavy atom. The first-order valence-electron chi connectivity index (χ1n) is 13.7. The van der Waals surface area contributed by atoms with Crippen LogP contribution in [0.15, 0.2) is 36.7 Å². The van der Waals surface area contributed by atoms with Crippen LogP contribution in [-0.2, 0) is 23.4 Å². The molecule has 16 heteroatoms. The van der Waals surface area contributed by atoms with Crippen molar-refractivity contribution in [3.63, 3.8) is 0 Å². The molecule has 1 aliphatic rings. The van der Waals surface area contributed by atoms with E-state index in [9.17, 15) is 14.5 Å². The molecule has 14 nitrogen and oxygen atoms in total. The number of nitrogen functional groups attached to an aromatic ring is 1. The highest BCUT2D eigenvalue weighted by Gasteiger charge is 2.55. The smallest absolute Gasteiger partial charge is 0.459 e. The summed E-state index contributed by atoms with van der Waals surface area (Å²) in [5.41, 5.74) is 3.84. The lowest BCUT2D eigenvalue weighted by molar-refractivity contribution is -0.148. The lowest BCUT2D eigenvalue weighted by Crippen LogP contribution is -2.42. The van der Waals surface area contributed by atoms with Crippen LogP contribution in [0.2, 0.25) is 0 Å². The maximum atomic E-state index is 15.7. The molecule has 0 aliphatic carbocycles. The van der Waals surface area contributed by atoms with Crippen LogP contribution in [0.3, 0.4) is 0 Å². The van der Waals surface area contributed by atoms with Gasteiger partial charge < -0.3 is 29.6 Å². The summed E-state index contributed by atoms with van der Waals surface area (Å²) >= 11 is 0. The molecule has 4 rings (SSSR count). The number of imidazole rings is 1. The molecule has 1 aromatic carbocycles. The third kappa shape index (κ3) is 7.60. The summed E-state index contributed by atoms with van der Waals surface area (Å²) in [6.07, 6.45) is -3.47. The zero-order valence-corrected chi connectivity index (χ0v) is 25.8. The van der Waals surface area contributed by atoms with E-state index < -0.39 is 50.5 Å².